The van der Waals surface area contributed by atoms with Gasteiger partial charge in [-0.25, -0.2) is 4.79 Å². The quantitative estimate of drug-likeness (QED) is 0.253. The number of carbonyl (C=O) groups excluding carboxylic acids is 3. The average molecular weight is 432 g/mol. The van der Waals surface area contributed by atoms with Crippen LogP contribution in [0.2, 0.25) is 0 Å². The highest BCUT2D eigenvalue weighted by atomic mass is 16.5. The van der Waals surface area contributed by atoms with Crippen LogP contribution in [0.1, 0.15) is 53.9 Å². The molecule has 0 N–H and O–H groups in total. The fraction of sp³-hybridized carbons (Fsp3) is 0.0690. The Morgan fingerprint density at radius 3 is 2.00 bits per heavy atom. The van der Waals surface area contributed by atoms with E-state index in [4.69, 9.17) is 4.74 Å². The van der Waals surface area contributed by atoms with E-state index in [0.29, 0.717) is 27.8 Å². The first-order chi connectivity index (χ1) is 16.0. The van der Waals surface area contributed by atoms with Crippen LogP contribution in [-0.4, -0.2) is 17.5 Å². The Bertz CT molecular complexity index is 1390. The Kier molecular flexibility index (Phi) is 5.19. The van der Waals surface area contributed by atoms with Crippen molar-refractivity contribution in [3.63, 3.8) is 0 Å². The van der Waals surface area contributed by atoms with Crippen molar-refractivity contribution in [3.8, 4) is 11.1 Å². The summed E-state index contributed by atoms with van der Waals surface area (Å²) in [5, 5.41) is 0. The summed E-state index contributed by atoms with van der Waals surface area (Å²) < 4.78 is 5.77. The van der Waals surface area contributed by atoms with E-state index < -0.39 is 12.1 Å². The minimum atomic E-state index is -1.08. The third-order valence-electron chi connectivity index (χ3n) is 5.86. The minimum Gasteiger partial charge on any atom is -0.445 e. The molecule has 0 fully saturated rings. The van der Waals surface area contributed by atoms with Crippen molar-refractivity contribution in [2.24, 2.45) is 0 Å². The molecule has 5 rings (SSSR count). The molecule has 4 aromatic carbocycles. The number of hydrogen-bond acceptors (Lipinski definition) is 4. The lowest BCUT2D eigenvalue weighted by Gasteiger charge is -2.18. The minimum absolute atomic E-state index is 0.0581. The Labute approximate surface area is 191 Å². The van der Waals surface area contributed by atoms with Gasteiger partial charge in [0, 0.05) is 22.3 Å². The smallest absolute Gasteiger partial charge is 0.339 e. The van der Waals surface area contributed by atoms with E-state index >= 15 is 0 Å². The van der Waals surface area contributed by atoms with Crippen molar-refractivity contribution >= 4 is 17.5 Å². The number of rotatable bonds is 5. The van der Waals surface area contributed by atoms with E-state index in [1.54, 1.807) is 60.7 Å². The summed E-state index contributed by atoms with van der Waals surface area (Å²) in [4.78, 5) is 39.1. The summed E-state index contributed by atoms with van der Waals surface area (Å²) in [7, 11) is 0. The molecule has 0 spiro atoms. The Morgan fingerprint density at radius 2 is 1.27 bits per heavy atom. The highest BCUT2D eigenvalue weighted by molar-refractivity contribution is 6.22. The van der Waals surface area contributed by atoms with Crippen molar-refractivity contribution in [1.82, 2.24) is 0 Å². The van der Waals surface area contributed by atoms with Gasteiger partial charge in [-0.1, -0.05) is 84.4 Å². The summed E-state index contributed by atoms with van der Waals surface area (Å²) in [5.74, 6) is -0.975. The number of benzene rings is 4. The van der Waals surface area contributed by atoms with Gasteiger partial charge in [0.1, 0.15) is 0 Å². The summed E-state index contributed by atoms with van der Waals surface area (Å²) in [5.41, 5.74) is 5.06. The van der Waals surface area contributed by atoms with Crippen LogP contribution < -0.4 is 0 Å². The second kappa shape index (κ2) is 8.32. The van der Waals surface area contributed by atoms with Gasteiger partial charge >= 0.3 is 5.97 Å². The van der Waals surface area contributed by atoms with E-state index in [2.05, 4.69) is 0 Å². The number of ketones is 2. The van der Waals surface area contributed by atoms with Crippen molar-refractivity contribution in [3.05, 3.63) is 130 Å². The molecule has 1 atom stereocenters. The first kappa shape index (κ1) is 20.6. The normalized spacial score (nSPS) is 12.6. The lowest BCUT2D eigenvalue weighted by molar-refractivity contribution is 0.0280. The lowest BCUT2D eigenvalue weighted by Crippen LogP contribution is -2.20. The maximum atomic E-state index is 13.3. The van der Waals surface area contributed by atoms with Crippen LogP contribution in [0.4, 0.5) is 0 Å². The van der Waals surface area contributed by atoms with Crippen LogP contribution in [0.5, 0.6) is 0 Å². The van der Waals surface area contributed by atoms with Gasteiger partial charge in [0.15, 0.2) is 11.9 Å². The lowest BCUT2D eigenvalue weighted by atomic mass is 9.98. The van der Waals surface area contributed by atoms with Gasteiger partial charge in [0.25, 0.3) is 0 Å². The molecule has 0 heterocycles. The summed E-state index contributed by atoms with van der Waals surface area (Å²) >= 11 is 0. The molecule has 0 aromatic heterocycles. The van der Waals surface area contributed by atoms with Gasteiger partial charge in [-0.05, 0) is 36.2 Å². The van der Waals surface area contributed by atoms with Gasteiger partial charge in [0.05, 0.1) is 5.56 Å². The maximum absolute atomic E-state index is 13.3. The predicted molar refractivity (Wildman–Crippen MR) is 125 cm³/mol. The van der Waals surface area contributed by atoms with Crippen molar-refractivity contribution < 1.29 is 19.1 Å². The van der Waals surface area contributed by atoms with Crippen molar-refractivity contribution in [1.29, 1.82) is 0 Å². The molecule has 0 aliphatic heterocycles. The molecular weight excluding hydrogens is 412 g/mol. The van der Waals surface area contributed by atoms with Crippen LogP contribution in [-0.2, 0) is 4.74 Å². The molecule has 160 valence electrons. The third kappa shape index (κ3) is 3.76. The largest absolute Gasteiger partial charge is 0.445 e. The van der Waals surface area contributed by atoms with Gasteiger partial charge < -0.3 is 4.74 Å². The number of aryl methyl sites for hydroxylation is 1. The molecule has 33 heavy (non-hydrogen) atoms. The third-order valence-corrected chi connectivity index (χ3v) is 5.86. The van der Waals surface area contributed by atoms with Gasteiger partial charge in [0.2, 0.25) is 5.78 Å². The number of hydrogen-bond donors (Lipinski definition) is 0. The zero-order chi connectivity index (χ0) is 22.9. The van der Waals surface area contributed by atoms with Crippen molar-refractivity contribution in [2.75, 3.05) is 0 Å². The monoisotopic (exact) mass is 432 g/mol. The molecule has 1 unspecified atom stereocenters. The molecule has 0 saturated heterocycles. The number of esters is 1. The fourth-order valence-corrected chi connectivity index (χ4v) is 4.10. The molecule has 0 radical (unpaired) electrons. The van der Waals surface area contributed by atoms with Crippen molar-refractivity contribution in [2.45, 2.75) is 13.0 Å². The van der Waals surface area contributed by atoms with Crippen LogP contribution in [0.25, 0.3) is 11.1 Å². The highest BCUT2D eigenvalue weighted by Crippen LogP contribution is 2.37. The maximum Gasteiger partial charge on any atom is 0.339 e. The first-order valence-electron chi connectivity index (χ1n) is 10.7. The van der Waals surface area contributed by atoms with E-state index in [-0.39, 0.29) is 17.1 Å². The summed E-state index contributed by atoms with van der Waals surface area (Å²) in [6, 6.07) is 28.4. The molecule has 1 aliphatic rings. The molecule has 0 amide bonds. The van der Waals surface area contributed by atoms with E-state index in [1.165, 1.54) is 0 Å². The number of Topliss-reactive ketones (excluding diaryl/α,β-unsaturated/α-hetero) is 1. The van der Waals surface area contributed by atoms with Gasteiger partial charge in [-0.15, -0.1) is 0 Å². The van der Waals surface area contributed by atoms with E-state index in [1.807, 2.05) is 43.3 Å². The Morgan fingerprint density at radius 1 is 0.667 bits per heavy atom. The predicted octanol–water partition coefficient (Wildman–Crippen LogP) is 5.99. The fourth-order valence-electron chi connectivity index (χ4n) is 4.10. The van der Waals surface area contributed by atoms with E-state index in [9.17, 15) is 14.4 Å². The second-order valence-corrected chi connectivity index (χ2v) is 8.06. The molecule has 4 aromatic rings. The van der Waals surface area contributed by atoms with Crippen LogP contribution in [0.3, 0.4) is 0 Å². The standard InChI is InChI=1S/C29H20O4/c1-18-11-13-19(14-12-18)26(30)28(20-7-3-2-4-8-20)33-29(32)21-15-16-24-25(17-21)22-9-5-6-10-23(22)27(24)31/h2-17,28H,1H3. The first-order valence-corrected chi connectivity index (χ1v) is 10.7. The number of carbonyl (C=O) groups is 3. The zero-order valence-corrected chi connectivity index (χ0v) is 17.9. The Hall–Kier alpha value is -4.31. The second-order valence-electron chi connectivity index (χ2n) is 8.06. The van der Waals surface area contributed by atoms with Crippen LogP contribution >= 0.6 is 0 Å². The topological polar surface area (TPSA) is 60.4 Å². The van der Waals surface area contributed by atoms with Gasteiger partial charge in [-0.3, -0.25) is 9.59 Å². The molecule has 0 bridgehead atoms. The SMILES string of the molecule is Cc1ccc(C(=O)C(OC(=O)c2ccc3c(c2)-c2ccccc2C3=O)c2ccccc2)cc1. The van der Waals surface area contributed by atoms with Gasteiger partial charge in [-0.2, -0.15) is 0 Å². The van der Waals surface area contributed by atoms with Crippen LogP contribution in [0, 0.1) is 6.92 Å². The summed E-state index contributed by atoms with van der Waals surface area (Å²) in [6.07, 6.45) is -1.08. The van der Waals surface area contributed by atoms with E-state index in [0.717, 1.165) is 11.1 Å². The number of ether oxygens (including phenoxy) is 1. The molecule has 0 saturated carbocycles. The molecule has 4 nitrogen and oxygen atoms in total. The molecular formula is C29H20O4. The Balaban J connectivity index is 1.48. The zero-order valence-electron chi connectivity index (χ0n) is 17.9. The summed E-state index contributed by atoms with van der Waals surface area (Å²) in [6.45, 7) is 1.94. The van der Waals surface area contributed by atoms with Crippen LogP contribution in [0.15, 0.2) is 97.1 Å². The number of fused-ring (bicyclic) bond motifs is 3. The average Bonchev–Trinajstić information content (AvgIpc) is 3.14. The molecule has 4 heteroatoms. The highest BCUT2D eigenvalue weighted by Gasteiger charge is 2.30. The molecule has 1 aliphatic carbocycles.